The van der Waals surface area contributed by atoms with Crippen LogP contribution in [0.25, 0.3) is 5.69 Å². The van der Waals surface area contributed by atoms with Crippen molar-refractivity contribution in [1.82, 2.24) is 14.8 Å². The van der Waals surface area contributed by atoms with E-state index in [1.807, 2.05) is 53.4 Å². The summed E-state index contributed by atoms with van der Waals surface area (Å²) < 4.78 is 7.40. The van der Waals surface area contributed by atoms with Crippen molar-refractivity contribution in [1.29, 1.82) is 0 Å². The van der Waals surface area contributed by atoms with Crippen LogP contribution < -0.4 is 5.32 Å². The first-order valence-electron chi connectivity index (χ1n) is 8.41. The normalized spacial score (nSPS) is 16.1. The highest BCUT2D eigenvalue weighted by Gasteiger charge is 2.28. The highest BCUT2D eigenvalue weighted by atomic mass is 16.5. The Morgan fingerprint density at radius 3 is 2.58 bits per heavy atom. The highest BCUT2D eigenvalue weighted by molar-refractivity contribution is 5.94. The number of ether oxygens (including phenoxy) is 1. The van der Waals surface area contributed by atoms with Crippen LogP contribution in [0.1, 0.15) is 24.2 Å². The van der Waals surface area contributed by atoms with E-state index in [1.165, 1.54) is 0 Å². The van der Waals surface area contributed by atoms with E-state index >= 15 is 0 Å². The van der Waals surface area contributed by atoms with E-state index in [-0.39, 0.29) is 11.4 Å². The van der Waals surface area contributed by atoms with Crippen LogP contribution in [-0.2, 0) is 4.74 Å². The number of benzene rings is 1. The molecular formula is C19H25N3O2. The largest absolute Gasteiger partial charge is 0.379 e. The summed E-state index contributed by atoms with van der Waals surface area (Å²) in [5.74, 6) is -0.0367. The van der Waals surface area contributed by atoms with Crippen LogP contribution in [0.3, 0.4) is 0 Å². The number of nitrogens with zero attached hydrogens (tertiary/aromatic N) is 2. The van der Waals surface area contributed by atoms with Gasteiger partial charge in [0.1, 0.15) is 0 Å². The topological polar surface area (TPSA) is 46.5 Å². The van der Waals surface area contributed by atoms with Gasteiger partial charge in [0.25, 0.3) is 5.91 Å². The van der Waals surface area contributed by atoms with Crippen molar-refractivity contribution in [2.75, 3.05) is 32.8 Å². The van der Waals surface area contributed by atoms with Crippen molar-refractivity contribution in [2.45, 2.75) is 19.4 Å². The molecule has 0 saturated carbocycles. The zero-order chi connectivity index (χ0) is 17.0. The standard InChI is InChI=1S/C19H25N3O2/c1-19(2,22-10-12-24-13-11-22)15-20-18(23)16-6-5-7-17(14-16)21-8-3-4-9-21/h3-9,14H,10-13,15H2,1-2H3,(H,20,23). The molecule has 5 heteroatoms. The van der Waals surface area contributed by atoms with E-state index in [1.54, 1.807) is 0 Å². The second-order valence-electron chi connectivity index (χ2n) is 6.74. The Labute approximate surface area is 143 Å². The lowest BCUT2D eigenvalue weighted by Gasteiger charge is -2.40. The Bertz CT molecular complexity index is 674. The summed E-state index contributed by atoms with van der Waals surface area (Å²) >= 11 is 0. The van der Waals surface area contributed by atoms with Crippen LogP contribution in [0.5, 0.6) is 0 Å². The molecule has 0 aliphatic carbocycles. The van der Waals surface area contributed by atoms with Crippen molar-refractivity contribution >= 4 is 5.91 Å². The van der Waals surface area contributed by atoms with Gasteiger partial charge in [-0.2, -0.15) is 0 Å². The molecule has 1 aromatic heterocycles. The Kier molecular flexibility index (Phi) is 5.02. The van der Waals surface area contributed by atoms with Gasteiger partial charge in [0.05, 0.1) is 13.2 Å². The number of hydrogen-bond donors (Lipinski definition) is 1. The fraction of sp³-hybridized carbons (Fsp3) is 0.421. The lowest BCUT2D eigenvalue weighted by molar-refractivity contribution is -0.00923. The molecule has 1 saturated heterocycles. The lowest BCUT2D eigenvalue weighted by atomic mass is 10.0. The van der Waals surface area contributed by atoms with Gasteiger partial charge in [-0.1, -0.05) is 6.07 Å². The summed E-state index contributed by atoms with van der Waals surface area (Å²) in [5, 5.41) is 3.08. The smallest absolute Gasteiger partial charge is 0.251 e. The second kappa shape index (κ2) is 7.20. The van der Waals surface area contributed by atoms with Crippen LogP contribution in [0.15, 0.2) is 48.8 Å². The van der Waals surface area contributed by atoms with Gasteiger partial charge in [0, 0.05) is 48.8 Å². The molecular weight excluding hydrogens is 302 g/mol. The van der Waals surface area contributed by atoms with Crippen LogP contribution in [0.2, 0.25) is 0 Å². The summed E-state index contributed by atoms with van der Waals surface area (Å²) in [6, 6.07) is 11.6. The number of aromatic nitrogens is 1. The number of morpholine rings is 1. The molecule has 1 aliphatic rings. The van der Waals surface area contributed by atoms with Crippen LogP contribution in [0, 0.1) is 0 Å². The van der Waals surface area contributed by atoms with Gasteiger partial charge in [-0.3, -0.25) is 9.69 Å². The van der Waals surface area contributed by atoms with Crippen molar-refractivity contribution < 1.29 is 9.53 Å². The first-order chi connectivity index (χ1) is 11.6. The van der Waals surface area contributed by atoms with Crippen LogP contribution in [-0.4, -0.2) is 53.8 Å². The van der Waals surface area contributed by atoms with Crippen molar-refractivity contribution in [3.63, 3.8) is 0 Å². The zero-order valence-corrected chi connectivity index (χ0v) is 14.4. The molecule has 1 amide bonds. The molecule has 5 nitrogen and oxygen atoms in total. The Balaban J connectivity index is 1.63. The Morgan fingerprint density at radius 1 is 1.17 bits per heavy atom. The van der Waals surface area contributed by atoms with Gasteiger partial charge in [-0.05, 0) is 44.2 Å². The summed E-state index contributed by atoms with van der Waals surface area (Å²) in [7, 11) is 0. The van der Waals surface area contributed by atoms with Crippen LogP contribution >= 0.6 is 0 Å². The minimum absolute atomic E-state index is 0.0367. The third-order valence-corrected chi connectivity index (χ3v) is 4.56. The summed E-state index contributed by atoms with van der Waals surface area (Å²) in [5.41, 5.74) is 1.58. The maximum atomic E-state index is 12.5. The van der Waals surface area contributed by atoms with Crippen molar-refractivity contribution in [2.24, 2.45) is 0 Å². The number of carbonyl (C=O) groups excluding carboxylic acids is 1. The average molecular weight is 327 g/mol. The molecule has 0 bridgehead atoms. The molecule has 2 heterocycles. The van der Waals surface area contributed by atoms with E-state index < -0.39 is 0 Å². The minimum Gasteiger partial charge on any atom is -0.379 e. The Hall–Kier alpha value is -2.11. The van der Waals surface area contributed by atoms with Gasteiger partial charge >= 0.3 is 0 Å². The molecule has 2 aromatic rings. The number of amides is 1. The van der Waals surface area contributed by atoms with Gasteiger partial charge < -0.3 is 14.6 Å². The molecule has 0 radical (unpaired) electrons. The van der Waals surface area contributed by atoms with Crippen LogP contribution in [0.4, 0.5) is 0 Å². The third-order valence-electron chi connectivity index (χ3n) is 4.56. The fourth-order valence-corrected chi connectivity index (χ4v) is 2.99. The number of carbonyl (C=O) groups is 1. The van der Waals surface area contributed by atoms with E-state index in [0.717, 1.165) is 32.0 Å². The first kappa shape index (κ1) is 16.7. The summed E-state index contributed by atoms with van der Waals surface area (Å²) in [6.07, 6.45) is 3.94. The predicted molar refractivity (Wildman–Crippen MR) is 94.6 cm³/mol. The molecule has 3 rings (SSSR count). The molecule has 1 N–H and O–H groups in total. The van der Waals surface area contributed by atoms with Crippen molar-refractivity contribution in [3.8, 4) is 5.69 Å². The van der Waals surface area contributed by atoms with Crippen molar-refractivity contribution in [3.05, 3.63) is 54.4 Å². The molecule has 0 unspecified atom stereocenters. The van der Waals surface area contributed by atoms with Gasteiger partial charge in [0.2, 0.25) is 0 Å². The number of hydrogen-bond acceptors (Lipinski definition) is 3. The maximum Gasteiger partial charge on any atom is 0.251 e. The summed E-state index contributed by atoms with van der Waals surface area (Å²) in [6.45, 7) is 8.27. The molecule has 128 valence electrons. The second-order valence-corrected chi connectivity index (χ2v) is 6.74. The predicted octanol–water partition coefficient (Wildman–Crippen LogP) is 2.32. The summed E-state index contributed by atoms with van der Waals surface area (Å²) in [4.78, 5) is 14.9. The zero-order valence-electron chi connectivity index (χ0n) is 14.4. The fourth-order valence-electron chi connectivity index (χ4n) is 2.99. The average Bonchev–Trinajstić information content (AvgIpc) is 3.15. The molecule has 1 aliphatic heterocycles. The van der Waals surface area contributed by atoms with E-state index in [9.17, 15) is 4.79 Å². The minimum atomic E-state index is -0.0858. The molecule has 0 spiro atoms. The molecule has 1 aromatic carbocycles. The molecule has 0 atom stereocenters. The van der Waals surface area contributed by atoms with E-state index in [0.29, 0.717) is 12.1 Å². The third kappa shape index (κ3) is 3.86. The lowest BCUT2D eigenvalue weighted by Crippen LogP contribution is -2.55. The van der Waals surface area contributed by atoms with Gasteiger partial charge in [0.15, 0.2) is 0 Å². The van der Waals surface area contributed by atoms with Gasteiger partial charge in [-0.15, -0.1) is 0 Å². The first-order valence-corrected chi connectivity index (χ1v) is 8.41. The number of nitrogens with one attached hydrogen (secondary N) is 1. The highest BCUT2D eigenvalue weighted by Crippen LogP contribution is 2.16. The SMILES string of the molecule is CC(C)(CNC(=O)c1cccc(-n2cccc2)c1)N1CCOCC1. The number of rotatable bonds is 5. The van der Waals surface area contributed by atoms with E-state index in [4.69, 9.17) is 4.74 Å². The monoisotopic (exact) mass is 327 g/mol. The Morgan fingerprint density at radius 2 is 1.88 bits per heavy atom. The van der Waals surface area contributed by atoms with Gasteiger partial charge in [-0.25, -0.2) is 0 Å². The molecule has 24 heavy (non-hydrogen) atoms. The molecule has 1 fully saturated rings. The quantitative estimate of drug-likeness (QED) is 0.917. The van der Waals surface area contributed by atoms with E-state index in [2.05, 4.69) is 24.1 Å². The maximum absolute atomic E-state index is 12.5.